The summed E-state index contributed by atoms with van der Waals surface area (Å²) >= 11 is 0. The zero-order valence-electron chi connectivity index (χ0n) is 20.9. The van der Waals surface area contributed by atoms with E-state index in [0.717, 1.165) is 26.5 Å². The Morgan fingerprint density at radius 1 is 1.05 bits per heavy atom. The van der Waals surface area contributed by atoms with E-state index in [9.17, 15) is 17.6 Å². The summed E-state index contributed by atoms with van der Waals surface area (Å²) in [4.78, 5) is 18.6. The molecule has 1 fully saturated rings. The molecular weight excluding hydrogens is 507 g/mol. The predicted molar refractivity (Wildman–Crippen MR) is 138 cm³/mol. The van der Waals surface area contributed by atoms with Crippen molar-refractivity contribution >= 4 is 22.1 Å². The molecule has 1 aliphatic carbocycles. The van der Waals surface area contributed by atoms with Crippen LogP contribution in [0, 0.1) is 25.1 Å². The van der Waals surface area contributed by atoms with E-state index in [-0.39, 0.29) is 31.1 Å². The summed E-state index contributed by atoms with van der Waals surface area (Å²) in [5.74, 6) is -0.575. The number of aromatic nitrogens is 5. The predicted octanol–water partition coefficient (Wildman–Crippen LogP) is 3.53. The molecule has 3 aromatic heterocycles. The first-order valence-electron chi connectivity index (χ1n) is 12.2. The molecule has 0 bridgehead atoms. The van der Waals surface area contributed by atoms with Crippen molar-refractivity contribution in [3.05, 3.63) is 101 Å². The number of piperidine rings is 1. The standard InChI is InChI=1S/C27H25FN6O3S/c1-18-7-10-29-24(13-18)26(35)27-15-20-16-31-33(23-5-3-22(28)4-6-23)25(20)14-21(27)9-12-32(17-27)38(36,37)34-19(2)8-11-30-34/h3-8,10-11,13-14,16H,9,12,15,17H2,1-2H3. The molecule has 2 aliphatic rings. The van der Waals surface area contributed by atoms with Crippen LogP contribution in [0.2, 0.25) is 0 Å². The van der Waals surface area contributed by atoms with E-state index in [4.69, 9.17) is 0 Å². The average molecular weight is 533 g/mol. The monoisotopic (exact) mass is 532 g/mol. The van der Waals surface area contributed by atoms with Gasteiger partial charge in [0.1, 0.15) is 11.5 Å². The zero-order chi connectivity index (χ0) is 26.7. The van der Waals surface area contributed by atoms with Crippen molar-refractivity contribution in [3.8, 4) is 5.69 Å². The Morgan fingerprint density at radius 2 is 1.84 bits per heavy atom. The van der Waals surface area contributed by atoms with Crippen molar-refractivity contribution in [2.75, 3.05) is 13.1 Å². The topological polar surface area (TPSA) is 103 Å². The lowest BCUT2D eigenvalue weighted by Crippen LogP contribution is -2.54. The summed E-state index contributed by atoms with van der Waals surface area (Å²) < 4.78 is 44.8. The average Bonchev–Trinajstić information content (AvgIpc) is 3.53. The van der Waals surface area contributed by atoms with Crippen LogP contribution in [0.15, 0.2) is 66.6 Å². The van der Waals surface area contributed by atoms with Gasteiger partial charge in [-0.15, -0.1) is 4.09 Å². The lowest BCUT2D eigenvalue weighted by atomic mass is 9.65. The van der Waals surface area contributed by atoms with Crippen LogP contribution in [0.4, 0.5) is 4.39 Å². The van der Waals surface area contributed by atoms with Crippen molar-refractivity contribution in [3.63, 3.8) is 0 Å². The molecule has 1 saturated heterocycles. The molecule has 0 N–H and O–H groups in total. The lowest BCUT2D eigenvalue weighted by Gasteiger charge is -2.44. The number of carbonyl (C=O) groups excluding carboxylic acids is 1. The van der Waals surface area contributed by atoms with Gasteiger partial charge < -0.3 is 0 Å². The quantitative estimate of drug-likeness (QED) is 0.365. The molecule has 38 heavy (non-hydrogen) atoms. The Kier molecular flexibility index (Phi) is 5.65. The normalized spacial score (nSPS) is 19.5. The molecule has 6 rings (SSSR count). The molecule has 1 unspecified atom stereocenters. The number of halogens is 1. The summed E-state index contributed by atoms with van der Waals surface area (Å²) in [5, 5.41) is 8.55. The first kappa shape index (κ1) is 24.4. The highest BCUT2D eigenvalue weighted by Crippen LogP contribution is 2.46. The van der Waals surface area contributed by atoms with Crippen LogP contribution in [-0.4, -0.2) is 55.5 Å². The minimum Gasteiger partial charge on any atom is -0.291 e. The molecular formula is C27H25FN6O3S. The highest BCUT2D eigenvalue weighted by Gasteiger charge is 2.51. The highest BCUT2D eigenvalue weighted by molar-refractivity contribution is 7.87. The molecule has 11 heteroatoms. The van der Waals surface area contributed by atoms with Crippen LogP contribution in [0.5, 0.6) is 0 Å². The van der Waals surface area contributed by atoms with E-state index >= 15 is 0 Å². The minimum absolute atomic E-state index is 0.0455. The van der Waals surface area contributed by atoms with Crippen LogP contribution in [0.1, 0.15) is 39.4 Å². The fraction of sp³-hybridized carbons (Fsp3) is 0.259. The second-order valence-electron chi connectivity index (χ2n) is 9.83. The molecule has 1 aromatic carbocycles. The molecule has 4 heterocycles. The number of benzene rings is 1. The number of ketones is 1. The fourth-order valence-electron chi connectivity index (χ4n) is 5.41. The molecule has 0 amide bonds. The van der Waals surface area contributed by atoms with Gasteiger partial charge in [-0.05, 0) is 86.4 Å². The maximum Gasteiger partial charge on any atom is 0.323 e. The largest absolute Gasteiger partial charge is 0.323 e. The fourth-order valence-corrected chi connectivity index (χ4v) is 6.94. The number of hydrogen-bond acceptors (Lipinski definition) is 6. The second kappa shape index (κ2) is 8.81. The third kappa shape index (κ3) is 3.81. The van der Waals surface area contributed by atoms with Crippen LogP contribution in [0.25, 0.3) is 11.8 Å². The second-order valence-corrected chi connectivity index (χ2v) is 11.6. The smallest absolute Gasteiger partial charge is 0.291 e. The maximum absolute atomic E-state index is 14.2. The van der Waals surface area contributed by atoms with Gasteiger partial charge in [0.2, 0.25) is 0 Å². The van der Waals surface area contributed by atoms with Gasteiger partial charge in [0, 0.05) is 19.3 Å². The van der Waals surface area contributed by atoms with E-state index in [1.807, 2.05) is 19.1 Å². The van der Waals surface area contributed by atoms with Gasteiger partial charge >= 0.3 is 10.2 Å². The van der Waals surface area contributed by atoms with Gasteiger partial charge in [-0.1, -0.05) is 5.57 Å². The van der Waals surface area contributed by atoms with Crippen molar-refractivity contribution in [1.29, 1.82) is 0 Å². The molecule has 9 nitrogen and oxygen atoms in total. The molecule has 0 spiro atoms. The van der Waals surface area contributed by atoms with E-state index < -0.39 is 15.6 Å². The van der Waals surface area contributed by atoms with Crippen LogP contribution >= 0.6 is 0 Å². The number of Topliss-reactive ketones (excluding diaryl/α,β-unsaturated/α-hetero) is 1. The molecule has 0 radical (unpaired) electrons. The van der Waals surface area contributed by atoms with Crippen molar-refractivity contribution in [2.24, 2.45) is 5.41 Å². The van der Waals surface area contributed by atoms with Crippen molar-refractivity contribution in [1.82, 2.24) is 28.3 Å². The first-order chi connectivity index (χ1) is 18.2. The van der Waals surface area contributed by atoms with Gasteiger partial charge in [0.25, 0.3) is 0 Å². The Bertz CT molecular complexity index is 1710. The van der Waals surface area contributed by atoms with Crippen LogP contribution in [0.3, 0.4) is 0 Å². The number of rotatable bonds is 5. The van der Waals surface area contributed by atoms with Gasteiger partial charge in [-0.25, -0.2) is 9.07 Å². The maximum atomic E-state index is 14.2. The number of pyridine rings is 1. The molecule has 194 valence electrons. The van der Waals surface area contributed by atoms with Crippen LogP contribution in [-0.2, 0) is 16.6 Å². The molecule has 1 aliphatic heterocycles. The minimum atomic E-state index is -4.00. The SMILES string of the molecule is Cc1ccnc(C(=O)C23Cc4cnn(-c5ccc(F)cc5)c4C=C2CCN(S(=O)(=O)n2nccc2C)C3)c1. The zero-order valence-corrected chi connectivity index (χ0v) is 21.7. The Morgan fingerprint density at radius 3 is 2.55 bits per heavy atom. The van der Waals surface area contributed by atoms with Gasteiger partial charge in [0.15, 0.2) is 5.78 Å². The lowest BCUT2D eigenvalue weighted by molar-refractivity contribution is 0.0769. The van der Waals surface area contributed by atoms with Crippen molar-refractivity contribution < 1.29 is 17.6 Å². The molecule has 0 saturated carbocycles. The van der Waals surface area contributed by atoms with Gasteiger partial charge in [-0.2, -0.15) is 22.9 Å². The number of carbonyl (C=O) groups is 1. The van der Waals surface area contributed by atoms with E-state index in [2.05, 4.69) is 15.2 Å². The van der Waals surface area contributed by atoms with Crippen LogP contribution < -0.4 is 0 Å². The third-order valence-corrected chi connectivity index (χ3v) is 9.15. The van der Waals surface area contributed by atoms with Gasteiger partial charge in [0.05, 0.1) is 34.9 Å². The van der Waals surface area contributed by atoms with E-state index in [1.54, 1.807) is 48.3 Å². The van der Waals surface area contributed by atoms with E-state index in [0.29, 0.717) is 23.5 Å². The summed E-state index contributed by atoms with van der Waals surface area (Å²) in [6, 6.07) is 11.2. The number of hydrogen-bond donors (Lipinski definition) is 0. The first-order valence-corrected chi connectivity index (χ1v) is 13.6. The highest BCUT2D eigenvalue weighted by atomic mass is 32.2. The number of fused-ring (bicyclic) bond motifs is 2. The Balaban J connectivity index is 1.47. The summed E-state index contributed by atoms with van der Waals surface area (Å²) in [7, 11) is -4.00. The Hall–Kier alpha value is -3.96. The molecule has 1 atom stereocenters. The molecule has 4 aromatic rings. The number of nitrogens with zero attached hydrogens (tertiary/aromatic N) is 6. The van der Waals surface area contributed by atoms with E-state index in [1.165, 1.54) is 22.6 Å². The summed E-state index contributed by atoms with van der Waals surface area (Å²) in [6.07, 6.45) is 7.27. The van der Waals surface area contributed by atoms with Crippen molar-refractivity contribution in [2.45, 2.75) is 26.7 Å². The van der Waals surface area contributed by atoms with Gasteiger partial charge in [-0.3, -0.25) is 9.78 Å². The summed E-state index contributed by atoms with van der Waals surface area (Å²) in [6.45, 7) is 3.71. The number of aryl methyl sites for hydroxylation is 2. The third-order valence-electron chi connectivity index (χ3n) is 7.37. The summed E-state index contributed by atoms with van der Waals surface area (Å²) in [5.41, 5.74) is 3.62. The Labute approximate surface area is 219 Å².